The van der Waals surface area contributed by atoms with E-state index in [4.69, 9.17) is 19.0 Å². The number of amides is 2. The second-order valence-corrected chi connectivity index (χ2v) is 9.26. The van der Waals surface area contributed by atoms with E-state index < -0.39 is 24.1 Å². The van der Waals surface area contributed by atoms with E-state index in [1.165, 1.54) is 12.3 Å². The van der Waals surface area contributed by atoms with Crippen molar-refractivity contribution in [1.29, 1.82) is 0 Å². The zero-order valence-corrected chi connectivity index (χ0v) is 21.3. The van der Waals surface area contributed by atoms with Gasteiger partial charge in [-0.25, -0.2) is 14.5 Å². The minimum Gasteiger partial charge on any atom is -0.476 e. The number of hydrogen-bond donors (Lipinski definition) is 2. The molecule has 12 heteroatoms. The van der Waals surface area contributed by atoms with E-state index in [1.807, 2.05) is 37.3 Å². The largest absolute Gasteiger partial charge is 0.476 e. The Bertz CT molecular complexity index is 1240. The SMILES string of the molecule is COCCN1C[C@@H](NC(=O)Nc2c(C)c(OCC3COC3)nn2-c2ccccc2)[C@H](c2ccnc(F)c2)O1. The summed E-state index contributed by atoms with van der Waals surface area (Å²) in [5.41, 5.74) is 2.04. The third kappa shape index (κ3) is 5.94. The molecule has 2 aliphatic rings. The Labute approximate surface area is 219 Å². The molecule has 0 unspecified atom stereocenters. The molecule has 2 amide bonds. The third-order valence-corrected chi connectivity index (χ3v) is 6.44. The number of pyridine rings is 1. The topological polar surface area (TPSA) is 112 Å². The Hall–Kier alpha value is -3.58. The molecule has 3 aromatic rings. The van der Waals surface area contributed by atoms with Crippen LogP contribution in [0.4, 0.5) is 15.0 Å². The van der Waals surface area contributed by atoms with E-state index in [-0.39, 0.29) is 0 Å². The van der Waals surface area contributed by atoms with E-state index in [1.54, 1.807) is 22.9 Å². The van der Waals surface area contributed by atoms with Crippen molar-refractivity contribution >= 4 is 11.8 Å². The zero-order chi connectivity index (χ0) is 26.5. The maximum atomic E-state index is 13.9. The second kappa shape index (κ2) is 11.9. The van der Waals surface area contributed by atoms with Crippen LogP contribution in [-0.2, 0) is 14.3 Å². The van der Waals surface area contributed by atoms with Gasteiger partial charge in [0.2, 0.25) is 11.8 Å². The molecule has 2 fully saturated rings. The summed E-state index contributed by atoms with van der Waals surface area (Å²) < 4.78 is 31.9. The number of halogens is 1. The molecule has 0 spiro atoms. The molecule has 0 bridgehead atoms. The standard InChI is InChI=1S/C26H31FN6O5/c1-17-24(33(20-6-4-3-5-7-20)31-25(17)37-16-18-14-36-15-18)30-26(34)29-21-13-32(10-11-35-2)38-23(21)19-8-9-28-22(27)12-19/h3-9,12,18,21,23H,10-11,13-16H2,1-2H3,(H2,29,30,34)/t21-,23+/m1/s1. The Morgan fingerprint density at radius 3 is 2.76 bits per heavy atom. The van der Waals surface area contributed by atoms with Crippen molar-refractivity contribution in [3.05, 3.63) is 65.7 Å². The Balaban J connectivity index is 1.35. The van der Waals surface area contributed by atoms with Crippen molar-refractivity contribution < 1.29 is 28.2 Å². The van der Waals surface area contributed by atoms with Crippen molar-refractivity contribution in [3.8, 4) is 11.6 Å². The highest BCUT2D eigenvalue weighted by atomic mass is 19.1. The molecule has 0 saturated carbocycles. The molecule has 2 aromatic heterocycles. The molecule has 2 N–H and O–H groups in total. The van der Waals surface area contributed by atoms with Crippen molar-refractivity contribution in [2.75, 3.05) is 51.9 Å². The molecule has 2 aliphatic heterocycles. The molecule has 202 valence electrons. The lowest BCUT2D eigenvalue weighted by Gasteiger charge is -2.25. The Kier molecular flexibility index (Phi) is 8.13. The molecule has 38 heavy (non-hydrogen) atoms. The van der Waals surface area contributed by atoms with Crippen LogP contribution in [0, 0.1) is 18.8 Å². The predicted molar refractivity (Wildman–Crippen MR) is 136 cm³/mol. The summed E-state index contributed by atoms with van der Waals surface area (Å²) in [7, 11) is 1.60. The third-order valence-electron chi connectivity index (χ3n) is 6.44. The lowest BCUT2D eigenvalue weighted by Crippen LogP contribution is -2.42. The minimum absolute atomic E-state index is 0.328. The number of nitrogens with zero attached hydrogens (tertiary/aromatic N) is 4. The normalized spacial score (nSPS) is 19.8. The number of benzene rings is 1. The van der Waals surface area contributed by atoms with E-state index in [0.717, 1.165) is 5.69 Å². The van der Waals surface area contributed by atoms with Gasteiger partial charge in [0.1, 0.15) is 11.9 Å². The summed E-state index contributed by atoms with van der Waals surface area (Å²) in [6, 6.07) is 11.6. The van der Waals surface area contributed by atoms with Gasteiger partial charge in [0.25, 0.3) is 0 Å². The van der Waals surface area contributed by atoms with Crippen LogP contribution in [0.5, 0.6) is 5.88 Å². The van der Waals surface area contributed by atoms with Crippen molar-refractivity contribution in [1.82, 2.24) is 25.1 Å². The zero-order valence-electron chi connectivity index (χ0n) is 21.3. The first kappa shape index (κ1) is 26.0. The molecular weight excluding hydrogens is 495 g/mol. The minimum atomic E-state index is -0.618. The van der Waals surface area contributed by atoms with Crippen molar-refractivity contribution in [2.45, 2.75) is 19.1 Å². The average Bonchev–Trinajstić information content (AvgIpc) is 3.43. The van der Waals surface area contributed by atoms with Gasteiger partial charge in [0.05, 0.1) is 43.7 Å². The summed E-state index contributed by atoms with van der Waals surface area (Å²) in [5, 5.41) is 12.3. The van der Waals surface area contributed by atoms with E-state index >= 15 is 0 Å². The quantitative estimate of drug-likeness (QED) is 0.388. The molecule has 1 aromatic carbocycles. The first-order chi connectivity index (χ1) is 18.5. The highest BCUT2D eigenvalue weighted by Gasteiger charge is 2.37. The molecule has 2 atom stereocenters. The first-order valence-electron chi connectivity index (χ1n) is 12.5. The number of hydroxylamine groups is 2. The van der Waals surface area contributed by atoms with Gasteiger partial charge in [-0.15, -0.1) is 5.10 Å². The summed E-state index contributed by atoms with van der Waals surface area (Å²) >= 11 is 0. The van der Waals surface area contributed by atoms with Crippen LogP contribution in [0.2, 0.25) is 0 Å². The summed E-state index contributed by atoms with van der Waals surface area (Å²) in [5.74, 6) is 0.633. The summed E-state index contributed by atoms with van der Waals surface area (Å²) in [6.07, 6.45) is 0.779. The van der Waals surface area contributed by atoms with Crippen LogP contribution in [0.1, 0.15) is 17.2 Å². The summed E-state index contributed by atoms with van der Waals surface area (Å²) in [6.45, 7) is 4.99. The number of carbonyl (C=O) groups is 1. The van der Waals surface area contributed by atoms with Gasteiger partial charge in [-0.2, -0.15) is 9.45 Å². The maximum Gasteiger partial charge on any atom is 0.320 e. The Morgan fingerprint density at radius 2 is 2.05 bits per heavy atom. The fourth-order valence-corrected chi connectivity index (χ4v) is 4.34. The van der Waals surface area contributed by atoms with E-state index in [0.29, 0.717) is 68.3 Å². The van der Waals surface area contributed by atoms with Gasteiger partial charge in [-0.1, -0.05) is 18.2 Å². The number of hydrogen-bond acceptors (Lipinski definition) is 8. The van der Waals surface area contributed by atoms with Gasteiger partial charge in [-0.05, 0) is 36.8 Å². The number of anilines is 1. The number of methoxy groups -OCH3 is 1. The lowest BCUT2D eigenvalue weighted by molar-refractivity contribution is -0.154. The Morgan fingerprint density at radius 1 is 1.24 bits per heavy atom. The maximum absolute atomic E-state index is 13.9. The highest BCUT2D eigenvalue weighted by molar-refractivity contribution is 5.90. The van der Waals surface area contributed by atoms with Gasteiger partial charge < -0.3 is 19.5 Å². The molecule has 4 heterocycles. The molecule has 0 radical (unpaired) electrons. The average molecular weight is 527 g/mol. The van der Waals surface area contributed by atoms with E-state index in [9.17, 15) is 9.18 Å². The van der Waals surface area contributed by atoms with Crippen LogP contribution in [0.25, 0.3) is 5.69 Å². The van der Waals surface area contributed by atoms with Crippen LogP contribution in [0.3, 0.4) is 0 Å². The monoisotopic (exact) mass is 526 g/mol. The number of para-hydroxylation sites is 1. The second-order valence-electron chi connectivity index (χ2n) is 9.26. The van der Waals surface area contributed by atoms with Crippen LogP contribution >= 0.6 is 0 Å². The lowest BCUT2D eigenvalue weighted by atomic mass is 10.0. The molecular formula is C26H31FN6O5. The number of nitrogens with one attached hydrogen (secondary N) is 2. The number of rotatable bonds is 10. The van der Waals surface area contributed by atoms with Crippen LogP contribution < -0.4 is 15.4 Å². The van der Waals surface area contributed by atoms with Crippen LogP contribution in [0.15, 0.2) is 48.7 Å². The highest BCUT2D eigenvalue weighted by Crippen LogP contribution is 2.31. The molecule has 2 saturated heterocycles. The van der Waals surface area contributed by atoms with Gasteiger partial charge in [0.15, 0.2) is 0 Å². The van der Waals surface area contributed by atoms with Gasteiger partial charge in [0, 0.05) is 32.3 Å². The van der Waals surface area contributed by atoms with Gasteiger partial charge in [-0.3, -0.25) is 10.2 Å². The first-order valence-corrected chi connectivity index (χ1v) is 12.5. The fourth-order valence-electron chi connectivity index (χ4n) is 4.34. The predicted octanol–water partition coefficient (Wildman–Crippen LogP) is 2.87. The van der Waals surface area contributed by atoms with Crippen molar-refractivity contribution in [2.24, 2.45) is 5.92 Å². The van der Waals surface area contributed by atoms with E-state index in [2.05, 4.69) is 20.7 Å². The fraction of sp³-hybridized carbons (Fsp3) is 0.423. The smallest absolute Gasteiger partial charge is 0.320 e. The number of carbonyl (C=O) groups excluding carboxylic acids is 1. The number of ether oxygens (including phenoxy) is 3. The van der Waals surface area contributed by atoms with Crippen LogP contribution in [-0.4, -0.2) is 78.5 Å². The number of aromatic nitrogens is 3. The molecule has 11 nitrogen and oxygen atoms in total. The molecule has 0 aliphatic carbocycles. The molecule has 5 rings (SSSR count). The van der Waals surface area contributed by atoms with Crippen molar-refractivity contribution in [3.63, 3.8) is 0 Å². The number of urea groups is 1. The summed E-state index contributed by atoms with van der Waals surface area (Å²) in [4.78, 5) is 22.9. The van der Waals surface area contributed by atoms with Gasteiger partial charge >= 0.3 is 6.03 Å².